The van der Waals surface area contributed by atoms with Crippen LogP contribution in [-0.2, 0) is 16.9 Å². The van der Waals surface area contributed by atoms with Crippen molar-refractivity contribution in [1.82, 2.24) is 9.47 Å². The van der Waals surface area contributed by atoms with Crippen molar-refractivity contribution in [1.29, 1.82) is 0 Å². The number of hydrogen-bond donors (Lipinski definition) is 0. The van der Waals surface area contributed by atoms with Gasteiger partial charge in [-0.05, 0) is 28.4 Å². The SMILES string of the molecule is CN(C(=O)c1cc(Br)cn1C)C1CCS(=O)(=O)C1. The smallest absolute Gasteiger partial charge is 0.270 e. The molecule has 100 valence electrons. The summed E-state index contributed by atoms with van der Waals surface area (Å²) in [6.07, 6.45) is 2.32. The Kier molecular flexibility index (Phi) is 3.55. The highest BCUT2D eigenvalue weighted by atomic mass is 79.9. The van der Waals surface area contributed by atoms with E-state index in [2.05, 4.69) is 15.9 Å². The van der Waals surface area contributed by atoms with E-state index in [4.69, 9.17) is 0 Å². The average molecular weight is 335 g/mol. The molecule has 0 spiro atoms. The molecule has 5 nitrogen and oxygen atoms in total. The molecule has 0 aromatic carbocycles. The zero-order valence-corrected chi connectivity index (χ0v) is 12.7. The first-order valence-electron chi connectivity index (χ1n) is 5.59. The van der Waals surface area contributed by atoms with Gasteiger partial charge < -0.3 is 9.47 Å². The lowest BCUT2D eigenvalue weighted by molar-refractivity contribution is 0.0738. The lowest BCUT2D eigenvalue weighted by Gasteiger charge is -2.23. The van der Waals surface area contributed by atoms with Gasteiger partial charge in [-0.25, -0.2) is 8.42 Å². The molecule has 0 N–H and O–H groups in total. The minimum absolute atomic E-state index is 0.0703. The highest BCUT2D eigenvalue weighted by Gasteiger charge is 2.33. The van der Waals surface area contributed by atoms with Gasteiger partial charge in [-0.2, -0.15) is 0 Å². The van der Waals surface area contributed by atoms with Crippen molar-refractivity contribution in [2.45, 2.75) is 12.5 Å². The van der Waals surface area contributed by atoms with Gasteiger partial charge in [0.15, 0.2) is 9.84 Å². The fourth-order valence-electron chi connectivity index (χ4n) is 2.16. The number of nitrogens with zero attached hydrogens (tertiary/aromatic N) is 2. The molecule has 1 atom stereocenters. The predicted octanol–water partition coefficient (Wildman–Crippen LogP) is 1.05. The van der Waals surface area contributed by atoms with Crippen LogP contribution in [0, 0.1) is 0 Å². The Bertz CT molecular complexity index is 579. The summed E-state index contributed by atoms with van der Waals surface area (Å²) in [6.45, 7) is 0. The highest BCUT2D eigenvalue weighted by Crippen LogP contribution is 2.20. The minimum atomic E-state index is -2.97. The lowest BCUT2D eigenvalue weighted by atomic mass is 10.2. The van der Waals surface area contributed by atoms with Crippen molar-refractivity contribution in [2.75, 3.05) is 18.6 Å². The third kappa shape index (κ3) is 2.61. The summed E-state index contributed by atoms with van der Waals surface area (Å²) in [5.41, 5.74) is 0.550. The van der Waals surface area contributed by atoms with Crippen molar-refractivity contribution in [3.8, 4) is 0 Å². The van der Waals surface area contributed by atoms with Crippen LogP contribution in [0.2, 0.25) is 0 Å². The highest BCUT2D eigenvalue weighted by molar-refractivity contribution is 9.10. The molecule has 0 saturated carbocycles. The third-order valence-electron chi connectivity index (χ3n) is 3.27. The van der Waals surface area contributed by atoms with Crippen molar-refractivity contribution >= 4 is 31.7 Å². The molecule has 7 heteroatoms. The largest absolute Gasteiger partial charge is 0.345 e. The van der Waals surface area contributed by atoms with Gasteiger partial charge in [0, 0.05) is 30.8 Å². The van der Waals surface area contributed by atoms with Crippen LogP contribution >= 0.6 is 15.9 Å². The second-order valence-corrected chi connectivity index (χ2v) is 7.77. The predicted molar refractivity (Wildman–Crippen MR) is 72.3 cm³/mol. The van der Waals surface area contributed by atoms with Gasteiger partial charge >= 0.3 is 0 Å². The molecule has 1 aromatic rings. The average Bonchev–Trinajstić information content (AvgIpc) is 2.79. The molecule has 1 saturated heterocycles. The summed E-state index contributed by atoms with van der Waals surface area (Å²) in [5.74, 6) is 0.0951. The van der Waals surface area contributed by atoms with E-state index in [0.717, 1.165) is 4.47 Å². The first-order valence-corrected chi connectivity index (χ1v) is 8.21. The van der Waals surface area contributed by atoms with Crippen LogP contribution in [0.4, 0.5) is 0 Å². The zero-order valence-electron chi connectivity index (χ0n) is 10.3. The summed E-state index contributed by atoms with van der Waals surface area (Å²) in [7, 11) is 0.479. The first kappa shape index (κ1) is 13.6. The van der Waals surface area contributed by atoms with E-state index < -0.39 is 9.84 Å². The third-order valence-corrected chi connectivity index (χ3v) is 5.45. The summed E-state index contributed by atoms with van der Waals surface area (Å²) in [4.78, 5) is 13.8. The van der Waals surface area contributed by atoms with Crippen LogP contribution in [0.1, 0.15) is 16.9 Å². The summed E-state index contributed by atoms with van der Waals surface area (Å²) in [6, 6.07) is 1.53. The molecule has 0 radical (unpaired) electrons. The number of halogens is 1. The van der Waals surface area contributed by atoms with Gasteiger partial charge in [0.05, 0.1) is 11.5 Å². The van der Waals surface area contributed by atoms with E-state index in [1.165, 1.54) is 4.90 Å². The summed E-state index contributed by atoms with van der Waals surface area (Å²) >= 11 is 3.31. The molecule has 1 fully saturated rings. The molecule has 1 aromatic heterocycles. The quantitative estimate of drug-likeness (QED) is 0.812. The zero-order chi connectivity index (χ0) is 13.5. The molecule has 1 unspecified atom stereocenters. The van der Waals surface area contributed by atoms with Crippen molar-refractivity contribution in [3.05, 3.63) is 22.4 Å². The second-order valence-electron chi connectivity index (χ2n) is 4.63. The maximum Gasteiger partial charge on any atom is 0.270 e. The van der Waals surface area contributed by atoms with Crippen LogP contribution in [0.25, 0.3) is 0 Å². The maximum atomic E-state index is 12.3. The van der Waals surface area contributed by atoms with E-state index in [0.29, 0.717) is 12.1 Å². The van der Waals surface area contributed by atoms with Gasteiger partial charge in [0.25, 0.3) is 5.91 Å². The Morgan fingerprint density at radius 2 is 2.22 bits per heavy atom. The minimum Gasteiger partial charge on any atom is -0.345 e. The molecular weight excluding hydrogens is 320 g/mol. The molecule has 0 bridgehead atoms. The Morgan fingerprint density at radius 3 is 2.67 bits per heavy atom. The second kappa shape index (κ2) is 4.70. The number of hydrogen-bond acceptors (Lipinski definition) is 3. The molecule has 1 aliphatic rings. The number of aromatic nitrogens is 1. The van der Waals surface area contributed by atoms with E-state index in [1.54, 1.807) is 30.9 Å². The van der Waals surface area contributed by atoms with Gasteiger partial charge in [-0.15, -0.1) is 0 Å². The monoisotopic (exact) mass is 334 g/mol. The lowest BCUT2D eigenvalue weighted by Crippen LogP contribution is -2.38. The molecular formula is C11H15BrN2O3S. The Balaban J connectivity index is 2.17. The molecule has 0 aliphatic carbocycles. The standard InChI is InChI=1S/C11H15BrN2O3S/c1-13-6-8(12)5-10(13)11(15)14(2)9-3-4-18(16,17)7-9/h5-6,9H,3-4,7H2,1-2H3. The number of carbonyl (C=O) groups is 1. The Morgan fingerprint density at radius 1 is 1.56 bits per heavy atom. The van der Waals surface area contributed by atoms with Crippen molar-refractivity contribution in [2.24, 2.45) is 7.05 Å². The normalized spacial score (nSPS) is 22.1. The number of sulfone groups is 1. The van der Waals surface area contributed by atoms with Gasteiger partial charge in [0.1, 0.15) is 5.69 Å². The van der Waals surface area contributed by atoms with Crippen LogP contribution in [0.15, 0.2) is 16.7 Å². The summed E-state index contributed by atoms with van der Waals surface area (Å²) < 4.78 is 25.4. The maximum absolute atomic E-state index is 12.3. The molecule has 2 heterocycles. The number of rotatable bonds is 2. The molecule has 1 amide bonds. The van der Waals surface area contributed by atoms with Crippen LogP contribution in [-0.4, -0.2) is 48.4 Å². The van der Waals surface area contributed by atoms with Crippen LogP contribution in [0.3, 0.4) is 0 Å². The Labute approximate surface area is 115 Å². The van der Waals surface area contributed by atoms with Crippen molar-refractivity contribution < 1.29 is 13.2 Å². The fourth-order valence-corrected chi connectivity index (χ4v) is 4.46. The molecule has 1 aliphatic heterocycles. The topological polar surface area (TPSA) is 59.4 Å². The molecule has 2 rings (SSSR count). The van der Waals surface area contributed by atoms with Crippen LogP contribution in [0.5, 0.6) is 0 Å². The molecule has 18 heavy (non-hydrogen) atoms. The van der Waals surface area contributed by atoms with Crippen molar-refractivity contribution in [3.63, 3.8) is 0 Å². The van der Waals surface area contributed by atoms with E-state index in [-0.39, 0.29) is 23.5 Å². The number of aryl methyl sites for hydroxylation is 1. The van der Waals surface area contributed by atoms with Gasteiger partial charge in [-0.1, -0.05) is 0 Å². The number of amides is 1. The van der Waals surface area contributed by atoms with E-state index >= 15 is 0 Å². The van der Waals surface area contributed by atoms with Gasteiger partial charge in [-0.3, -0.25) is 4.79 Å². The van der Waals surface area contributed by atoms with Gasteiger partial charge in [0.2, 0.25) is 0 Å². The van der Waals surface area contributed by atoms with E-state index in [1.807, 2.05) is 0 Å². The Hall–Kier alpha value is -0.820. The summed E-state index contributed by atoms with van der Waals surface area (Å²) in [5, 5.41) is 0. The van der Waals surface area contributed by atoms with Crippen LogP contribution < -0.4 is 0 Å². The number of carbonyl (C=O) groups excluding carboxylic acids is 1. The first-order chi connectivity index (χ1) is 8.30. The fraction of sp³-hybridized carbons (Fsp3) is 0.545. The van der Waals surface area contributed by atoms with E-state index in [9.17, 15) is 13.2 Å².